The van der Waals surface area contributed by atoms with Crippen molar-refractivity contribution < 1.29 is 9.59 Å². The van der Waals surface area contributed by atoms with Crippen molar-refractivity contribution in [3.8, 4) is 0 Å². The van der Waals surface area contributed by atoms with Crippen LogP contribution in [-0.4, -0.2) is 12.1 Å². The highest BCUT2D eigenvalue weighted by Gasteiger charge is 2.01. The summed E-state index contributed by atoms with van der Waals surface area (Å²) >= 11 is 0. The zero-order valence-corrected chi connectivity index (χ0v) is 10.9. The molecule has 0 radical (unpaired) electrons. The van der Waals surface area contributed by atoms with Crippen LogP contribution in [0.2, 0.25) is 0 Å². The smallest absolute Gasteiger partial charge is 0.185 e. The molecule has 0 atom stereocenters. The fourth-order valence-electron chi connectivity index (χ4n) is 1.74. The maximum atomic E-state index is 11.8. The Morgan fingerprint density at radius 3 is 2.78 bits per heavy atom. The van der Waals surface area contributed by atoms with Crippen molar-refractivity contribution in [2.24, 2.45) is 0 Å². The second-order valence-corrected chi connectivity index (χ2v) is 4.36. The van der Waals surface area contributed by atoms with Crippen molar-refractivity contribution in [2.75, 3.05) is 0 Å². The van der Waals surface area contributed by atoms with E-state index < -0.39 is 0 Å². The SMILES string of the molecule is CCCCCC/C=C/C(=O)c1cccc(C=O)c1. The Hall–Kier alpha value is -1.70. The van der Waals surface area contributed by atoms with Crippen LogP contribution in [0.5, 0.6) is 0 Å². The van der Waals surface area contributed by atoms with Gasteiger partial charge in [0.05, 0.1) is 0 Å². The Morgan fingerprint density at radius 2 is 2.06 bits per heavy atom. The van der Waals surface area contributed by atoms with Gasteiger partial charge in [0.15, 0.2) is 5.78 Å². The molecule has 0 N–H and O–H groups in total. The summed E-state index contributed by atoms with van der Waals surface area (Å²) < 4.78 is 0. The number of carbonyl (C=O) groups excluding carboxylic acids is 2. The highest BCUT2D eigenvalue weighted by Crippen LogP contribution is 2.07. The van der Waals surface area contributed by atoms with Crippen LogP contribution in [0.25, 0.3) is 0 Å². The van der Waals surface area contributed by atoms with Crippen molar-refractivity contribution in [1.29, 1.82) is 0 Å². The molecule has 96 valence electrons. The summed E-state index contributed by atoms with van der Waals surface area (Å²) in [5.74, 6) is -0.0332. The quantitative estimate of drug-likeness (QED) is 0.297. The molecule has 0 saturated carbocycles. The van der Waals surface area contributed by atoms with Crippen LogP contribution in [0, 0.1) is 0 Å². The average molecular weight is 244 g/mol. The van der Waals surface area contributed by atoms with E-state index in [1.807, 2.05) is 6.08 Å². The number of benzene rings is 1. The zero-order chi connectivity index (χ0) is 13.2. The van der Waals surface area contributed by atoms with Crippen LogP contribution in [-0.2, 0) is 0 Å². The minimum atomic E-state index is -0.0332. The van der Waals surface area contributed by atoms with Crippen LogP contribution in [0.1, 0.15) is 59.7 Å². The first-order valence-corrected chi connectivity index (χ1v) is 6.54. The fourth-order valence-corrected chi connectivity index (χ4v) is 1.74. The topological polar surface area (TPSA) is 34.1 Å². The summed E-state index contributed by atoms with van der Waals surface area (Å²) in [6.07, 6.45) is 10.1. The molecule has 0 unspecified atom stereocenters. The van der Waals surface area contributed by atoms with Gasteiger partial charge in [0, 0.05) is 11.1 Å². The molecule has 0 aromatic heterocycles. The standard InChI is InChI=1S/C16H20O2/c1-2-3-4-5-6-7-11-16(18)15-10-8-9-14(12-15)13-17/h7-13H,2-6H2,1H3/b11-7+. The highest BCUT2D eigenvalue weighted by molar-refractivity contribution is 6.05. The molecule has 0 aliphatic carbocycles. The Bertz CT molecular complexity index is 419. The van der Waals surface area contributed by atoms with Crippen LogP contribution >= 0.6 is 0 Å². The second-order valence-electron chi connectivity index (χ2n) is 4.36. The molecule has 0 spiro atoms. The van der Waals surface area contributed by atoms with E-state index in [0.29, 0.717) is 11.1 Å². The van der Waals surface area contributed by atoms with Crippen molar-refractivity contribution in [1.82, 2.24) is 0 Å². The van der Waals surface area contributed by atoms with Gasteiger partial charge in [-0.05, 0) is 25.0 Å². The lowest BCUT2D eigenvalue weighted by Crippen LogP contribution is -1.95. The van der Waals surface area contributed by atoms with Crippen LogP contribution in [0.3, 0.4) is 0 Å². The van der Waals surface area contributed by atoms with E-state index in [-0.39, 0.29) is 5.78 Å². The zero-order valence-electron chi connectivity index (χ0n) is 10.9. The third kappa shape index (κ3) is 5.09. The molecule has 1 rings (SSSR count). The number of rotatable bonds is 8. The van der Waals surface area contributed by atoms with Crippen molar-refractivity contribution in [3.05, 3.63) is 47.5 Å². The van der Waals surface area contributed by atoms with Crippen molar-refractivity contribution >= 4 is 12.1 Å². The predicted octanol–water partition coefficient (Wildman–Crippen LogP) is 4.21. The van der Waals surface area contributed by atoms with Gasteiger partial charge in [-0.25, -0.2) is 0 Å². The van der Waals surface area contributed by atoms with Gasteiger partial charge in [0.2, 0.25) is 0 Å². The van der Waals surface area contributed by atoms with Gasteiger partial charge in [-0.2, -0.15) is 0 Å². The molecule has 0 amide bonds. The molecule has 0 fully saturated rings. The fraction of sp³-hybridized carbons (Fsp3) is 0.375. The number of hydrogen-bond acceptors (Lipinski definition) is 2. The maximum absolute atomic E-state index is 11.8. The number of allylic oxidation sites excluding steroid dienone is 2. The first-order valence-electron chi connectivity index (χ1n) is 6.54. The summed E-state index contributed by atoms with van der Waals surface area (Å²) in [5.41, 5.74) is 1.11. The molecule has 2 nitrogen and oxygen atoms in total. The molecule has 0 aliphatic rings. The van der Waals surface area contributed by atoms with E-state index in [4.69, 9.17) is 0 Å². The Morgan fingerprint density at radius 1 is 1.22 bits per heavy atom. The number of aldehydes is 1. The molecule has 0 bridgehead atoms. The lowest BCUT2D eigenvalue weighted by atomic mass is 10.1. The Labute approximate surface area is 109 Å². The lowest BCUT2D eigenvalue weighted by molar-refractivity contribution is 0.104. The Kier molecular flexibility index (Phi) is 6.70. The number of carbonyl (C=O) groups is 2. The van der Waals surface area contributed by atoms with Crippen molar-refractivity contribution in [2.45, 2.75) is 39.0 Å². The average Bonchev–Trinajstić information content (AvgIpc) is 2.42. The highest BCUT2D eigenvalue weighted by atomic mass is 16.1. The summed E-state index contributed by atoms with van der Waals surface area (Å²) in [7, 11) is 0. The molecular formula is C16H20O2. The maximum Gasteiger partial charge on any atom is 0.185 e. The number of hydrogen-bond donors (Lipinski definition) is 0. The normalized spacial score (nSPS) is 10.7. The minimum absolute atomic E-state index is 0.0332. The molecule has 0 aliphatic heterocycles. The van der Waals surface area contributed by atoms with Gasteiger partial charge in [0.1, 0.15) is 6.29 Å². The predicted molar refractivity (Wildman–Crippen MR) is 74.1 cm³/mol. The van der Waals surface area contributed by atoms with E-state index in [9.17, 15) is 9.59 Å². The third-order valence-corrected chi connectivity index (χ3v) is 2.80. The molecule has 1 aromatic rings. The number of unbranched alkanes of at least 4 members (excludes halogenated alkanes) is 4. The van der Waals surface area contributed by atoms with Crippen LogP contribution < -0.4 is 0 Å². The van der Waals surface area contributed by atoms with Gasteiger partial charge in [0.25, 0.3) is 0 Å². The van der Waals surface area contributed by atoms with Crippen LogP contribution in [0.4, 0.5) is 0 Å². The second kappa shape index (κ2) is 8.40. The van der Waals surface area contributed by atoms with Gasteiger partial charge in [-0.1, -0.05) is 50.5 Å². The molecule has 0 saturated heterocycles. The van der Waals surface area contributed by atoms with Crippen molar-refractivity contribution in [3.63, 3.8) is 0 Å². The van der Waals surface area contributed by atoms with E-state index >= 15 is 0 Å². The monoisotopic (exact) mass is 244 g/mol. The summed E-state index contributed by atoms with van der Waals surface area (Å²) in [5, 5.41) is 0. The van der Waals surface area contributed by atoms with Crippen LogP contribution in [0.15, 0.2) is 36.4 Å². The van der Waals surface area contributed by atoms with E-state index in [1.165, 1.54) is 19.3 Å². The third-order valence-electron chi connectivity index (χ3n) is 2.80. The molecule has 2 heteroatoms. The molecule has 18 heavy (non-hydrogen) atoms. The van der Waals surface area contributed by atoms with Gasteiger partial charge in [-0.3, -0.25) is 9.59 Å². The van der Waals surface area contributed by atoms with Gasteiger partial charge in [-0.15, -0.1) is 0 Å². The molecule has 1 aromatic carbocycles. The van der Waals surface area contributed by atoms with Gasteiger partial charge < -0.3 is 0 Å². The van der Waals surface area contributed by atoms with E-state index in [0.717, 1.165) is 19.1 Å². The molecule has 0 heterocycles. The summed E-state index contributed by atoms with van der Waals surface area (Å²) in [4.78, 5) is 22.4. The number of ketones is 1. The Balaban J connectivity index is 2.44. The first-order chi connectivity index (χ1) is 8.77. The van der Waals surface area contributed by atoms with Gasteiger partial charge >= 0.3 is 0 Å². The summed E-state index contributed by atoms with van der Waals surface area (Å²) in [6.45, 7) is 2.18. The first kappa shape index (κ1) is 14.4. The minimum Gasteiger partial charge on any atom is -0.298 e. The largest absolute Gasteiger partial charge is 0.298 e. The molecular weight excluding hydrogens is 224 g/mol. The van der Waals surface area contributed by atoms with E-state index in [2.05, 4.69) is 6.92 Å². The summed E-state index contributed by atoms with van der Waals surface area (Å²) in [6, 6.07) is 6.78. The lowest BCUT2D eigenvalue weighted by Gasteiger charge is -1.97. The van der Waals surface area contributed by atoms with E-state index in [1.54, 1.807) is 30.3 Å².